The molecule has 0 radical (unpaired) electrons. The van der Waals surface area contributed by atoms with Crippen molar-refractivity contribution in [2.24, 2.45) is 0 Å². The van der Waals surface area contributed by atoms with E-state index in [-0.39, 0.29) is 5.82 Å². The molecule has 0 amide bonds. The van der Waals surface area contributed by atoms with Crippen molar-refractivity contribution in [3.05, 3.63) is 34.1 Å². The number of hydrogen-bond acceptors (Lipinski definition) is 2. The highest BCUT2D eigenvalue weighted by Gasteiger charge is 2.25. The molecule has 2 rings (SSSR count). The zero-order valence-corrected chi connectivity index (χ0v) is 9.91. The third kappa shape index (κ3) is 2.14. The second-order valence-corrected chi connectivity index (χ2v) is 5.63. The van der Waals surface area contributed by atoms with E-state index in [0.717, 1.165) is 5.56 Å². The number of thioether (sulfide) groups is 1. The summed E-state index contributed by atoms with van der Waals surface area (Å²) in [5.41, 5.74) is 1.14. The minimum Gasteiger partial charge on any atom is -0.388 e. The fourth-order valence-electron chi connectivity index (χ4n) is 1.84. The lowest BCUT2D eigenvalue weighted by Crippen LogP contribution is -2.06. The van der Waals surface area contributed by atoms with Gasteiger partial charge in [-0.15, -0.1) is 0 Å². The van der Waals surface area contributed by atoms with Crippen LogP contribution < -0.4 is 0 Å². The van der Waals surface area contributed by atoms with Crippen LogP contribution >= 0.6 is 23.4 Å². The molecule has 82 valence electrons. The summed E-state index contributed by atoms with van der Waals surface area (Å²) in [6.07, 6.45) is -0.154. The molecule has 1 aromatic carbocycles. The highest BCUT2D eigenvalue weighted by Crippen LogP contribution is 2.39. The molecule has 1 nitrogen and oxygen atoms in total. The van der Waals surface area contributed by atoms with Gasteiger partial charge < -0.3 is 5.11 Å². The maximum atomic E-state index is 13.6. The van der Waals surface area contributed by atoms with Crippen LogP contribution in [0.15, 0.2) is 12.1 Å². The number of rotatable bonds is 0. The van der Waals surface area contributed by atoms with Crippen molar-refractivity contribution in [1.82, 2.24) is 0 Å². The van der Waals surface area contributed by atoms with Crippen LogP contribution in [0.5, 0.6) is 0 Å². The second kappa shape index (κ2) is 4.32. The molecule has 4 heteroatoms. The van der Waals surface area contributed by atoms with Crippen molar-refractivity contribution >= 4 is 23.4 Å². The van der Waals surface area contributed by atoms with Crippen LogP contribution in [-0.2, 0) is 5.75 Å². The standard InChI is InChI=1S/C11H12ClFOS/c1-6-4-10(14)11-7(5-15-6)8(12)2-3-9(11)13/h2-3,6,10,14H,4-5H2,1H3. The molecule has 0 aliphatic carbocycles. The Morgan fingerprint density at radius 3 is 3.00 bits per heavy atom. The summed E-state index contributed by atoms with van der Waals surface area (Å²) in [7, 11) is 0. The van der Waals surface area contributed by atoms with Crippen molar-refractivity contribution in [2.45, 2.75) is 30.5 Å². The van der Waals surface area contributed by atoms with Gasteiger partial charge >= 0.3 is 0 Å². The van der Waals surface area contributed by atoms with Gasteiger partial charge in [0.05, 0.1) is 6.10 Å². The summed E-state index contributed by atoms with van der Waals surface area (Å²) >= 11 is 7.71. The zero-order chi connectivity index (χ0) is 11.0. The number of aliphatic hydroxyl groups is 1. The molecule has 1 aromatic rings. The highest BCUT2D eigenvalue weighted by atomic mass is 35.5. The molecule has 0 fully saturated rings. The quantitative estimate of drug-likeness (QED) is 0.756. The monoisotopic (exact) mass is 246 g/mol. The lowest BCUT2D eigenvalue weighted by atomic mass is 9.99. The molecule has 1 aliphatic rings. The first-order chi connectivity index (χ1) is 7.09. The summed E-state index contributed by atoms with van der Waals surface area (Å²) in [6, 6.07) is 2.88. The van der Waals surface area contributed by atoms with Crippen molar-refractivity contribution in [1.29, 1.82) is 0 Å². The molecule has 2 unspecified atom stereocenters. The summed E-state index contributed by atoms with van der Waals surface area (Å²) in [5, 5.41) is 10.8. The molecule has 1 aliphatic heterocycles. The van der Waals surface area contributed by atoms with Crippen LogP contribution in [0.4, 0.5) is 4.39 Å². The van der Waals surface area contributed by atoms with Gasteiger partial charge in [0.1, 0.15) is 5.82 Å². The van der Waals surface area contributed by atoms with Gasteiger partial charge in [0, 0.05) is 21.6 Å². The Morgan fingerprint density at radius 1 is 1.53 bits per heavy atom. The van der Waals surface area contributed by atoms with E-state index in [2.05, 4.69) is 0 Å². The van der Waals surface area contributed by atoms with E-state index >= 15 is 0 Å². The minimum absolute atomic E-state index is 0.322. The van der Waals surface area contributed by atoms with Gasteiger partial charge in [-0.3, -0.25) is 0 Å². The van der Waals surface area contributed by atoms with Crippen LogP contribution in [0.3, 0.4) is 0 Å². The first kappa shape index (κ1) is 11.2. The Kier molecular flexibility index (Phi) is 3.24. The highest BCUT2D eigenvalue weighted by molar-refractivity contribution is 7.99. The lowest BCUT2D eigenvalue weighted by molar-refractivity contribution is 0.163. The molecule has 0 spiro atoms. The van der Waals surface area contributed by atoms with Crippen molar-refractivity contribution < 1.29 is 9.50 Å². The molecule has 0 saturated carbocycles. The van der Waals surface area contributed by atoms with E-state index in [1.54, 1.807) is 17.8 Å². The van der Waals surface area contributed by atoms with E-state index in [4.69, 9.17) is 11.6 Å². The largest absolute Gasteiger partial charge is 0.388 e. The Balaban J connectivity index is 2.52. The molecular weight excluding hydrogens is 235 g/mol. The van der Waals surface area contributed by atoms with E-state index in [9.17, 15) is 9.50 Å². The molecule has 2 atom stereocenters. The maximum absolute atomic E-state index is 13.6. The number of halogens is 2. The average Bonchev–Trinajstić information content (AvgIpc) is 2.32. The Morgan fingerprint density at radius 2 is 2.27 bits per heavy atom. The minimum atomic E-state index is -0.733. The SMILES string of the molecule is CC1CC(O)c2c(F)ccc(Cl)c2CS1. The fourth-order valence-corrected chi connectivity index (χ4v) is 3.23. The van der Waals surface area contributed by atoms with Gasteiger partial charge in [0.15, 0.2) is 0 Å². The normalized spacial score (nSPS) is 25.9. The third-order valence-electron chi connectivity index (χ3n) is 2.65. The zero-order valence-electron chi connectivity index (χ0n) is 8.34. The summed E-state index contributed by atoms with van der Waals surface area (Å²) in [6.45, 7) is 2.03. The summed E-state index contributed by atoms with van der Waals surface area (Å²) in [5.74, 6) is 0.320. The molecule has 0 bridgehead atoms. The van der Waals surface area contributed by atoms with Gasteiger partial charge in [-0.25, -0.2) is 4.39 Å². The van der Waals surface area contributed by atoms with Crippen molar-refractivity contribution in [2.75, 3.05) is 0 Å². The number of benzene rings is 1. The number of aliphatic hydroxyl groups excluding tert-OH is 1. The Labute approximate surface area is 97.6 Å². The fraction of sp³-hybridized carbons (Fsp3) is 0.455. The first-order valence-electron chi connectivity index (χ1n) is 4.86. The van der Waals surface area contributed by atoms with Crippen molar-refractivity contribution in [3.8, 4) is 0 Å². The number of hydrogen-bond donors (Lipinski definition) is 1. The Hall–Kier alpha value is -0.250. The van der Waals surface area contributed by atoms with Gasteiger partial charge in [0.2, 0.25) is 0 Å². The summed E-state index contributed by atoms with van der Waals surface area (Å²) < 4.78 is 13.6. The molecule has 0 aromatic heterocycles. The van der Waals surface area contributed by atoms with Gasteiger partial charge in [-0.2, -0.15) is 11.8 Å². The molecule has 1 heterocycles. The van der Waals surface area contributed by atoms with Crippen LogP contribution in [0.1, 0.15) is 30.6 Å². The predicted octanol–water partition coefficient (Wildman–Crippen LogP) is 3.54. The van der Waals surface area contributed by atoms with Gasteiger partial charge in [0.25, 0.3) is 0 Å². The second-order valence-electron chi connectivity index (χ2n) is 3.79. The van der Waals surface area contributed by atoms with Crippen molar-refractivity contribution in [3.63, 3.8) is 0 Å². The predicted molar refractivity (Wildman–Crippen MR) is 61.7 cm³/mol. The van der Waals surface area contributed by atoms with E-state index in [1.165, 1.54) is 6.07 Å². The molecule has 15 heavy (non-hydrogen) atoms. The van der Waals surface area contributed by atoms with Gasteiger partial charge in [-0.1, -0.05) is 18.5 Å². The maximum Gasteiger partial charge on any atom is 0.129 e. The molecule has 1 N–H and O–H groups in total. The Bertz CT molecular complexity index is 383. The molecular formula is C11H12ClFOS. The van der Waals surface area contributed by atoms with Crippen LogP contribution in [0, 0.1) is 5.82 Å². The smallest absolute Gasteiger partial charge is 0.129 e. The summed E-state index contributed by atoms with van der Waals surface area (Å²) in [4.78, 5) is 0. The van der Waals surface area contributed by atoms with E-state index < -0.39 is 6.10 Å². The van der Waals surface area contributed by atoms with E-state index in [1.807, 2.05) is 6.92 Å². The van der Waals surface area contributed by atoms with Crippen LogP contribution in [-0.4, -0.2) is 10.4 Å². The topological polar surface area (TPSA) is 20.2 Å². The van der Waals surface area contributed by atoms with Gasteiger partial charge in [-0.05, 0) is 24.1 Å². The lowest BCUT2D eigenvalue weighted by Gasteiger charge is -2.14. The number of fused-ring (bicyclic) bond motifs is 1. The molecule has 0 saturated heterocycles. The third-order valence-corrected chi connectivity index (χ3v) is 4.22. The average molecular weight is 247 g/mol. The van der Waals surface area contributed by atoms with Crippen LogP contribution in [0.25, 0.3) is 0 Å². The van der Waals surface area contributed by atoms with Crippen LogP contribution in [0.2, 0.25) is 5.02 Å². The first-order valence-corrected chi connectivity index (χ1v) is 6.28. The van der Waals surface area contributed by atoms with E-state index in [0.29, 0.717) is 28.0 Å².